The molecule has 0 aromatic carbocycles. The minimum atomic E-state index is 1.01. The average Bonchev–Trinajstić information content (AvgIpc) is 2.29. The van der Waals surface area contributed by atoms with Crippen molar-refractivity contribution in [3.05, 3.63) is 0 Å². The van der Waals surface area contributed by atoms with E-state index in [1.54, 1.807) is 0 Å². The lowest BCUT2D eigenvalue weighted by atomic mass is 9.88. The highest BCUT2D eigenvalue weighted by Gasteiger charge is 2.09. The molecule has 0 unspecified atom stereocenters. The van der Waals surface area contributed by atoms with E-state index in [2.05, 4.69) is 27.7 Å². The lowest BCUT2D eigenvalue weighted by Crippen LogP contribution is -2.04. The highest BCUT2D eigenvalue weighted by Crippen LogP contribution is 2.24. The maximum absolute atomic E-state index is 2.31. The van der Waals surface area contributed by atoms with Gasteiger partial charge in [-0.2, -0.15) is 0 Å². The molecular weight excluding hydrogens is 192 g/mol. The molecule has 0 aromatic rings. The van der Waals surface area contributed by atoms with E-state index in [1.165, 1.54) is 51.4 Å². The molecule has 0 saturated heterocycles. The average molecular weight is 228 g/mol. The maximum atomic E-state index is 2.31. The van der Waals surface area contributed by atoms with Gasteiger partial charge in [0.25, 0.3) is 0 Å². The van der Waals surface area contributed by atoms with Gasteiger partial charge in [-0.25, -0.2) is 0 Å². The molecular formula is C16H36. The van der Waals surface area contributed by atoms with Crippen LogP contribution in [-0.2, 0) is 0 Å². The van der Waals surface area contributed by atoms with Crippen molar-refractivity contribution in [2.24, 2.45) is 11.8 Å². The SMILES string of the molecule is CC.CC1CCC1.CCCC(CC)CCC. The molecule has 0 radical (unpaired) electrons. The van der Waals surface area contributed by atoms with Gasteiger partial charge in [0.2, 0.25) is 0 Å². The van der Waals surface area contributed by atoms with Crippen LogP contribution in [0.5, 0.6) is 0 Å². The van der Waals surface area contributed by atoms with Gasteiger partial charge in [0.1, 0.15) is 0 Å². The molecule has 100 valence electrons. The Hall–Kier alpha value is 0. The highest BCUT2D eigenvalue weighted by atomic mass is 14.1. The quantitative estimate of drug-likeness (QED) is 0.507. The molecule has 0 aliphatic heterocycles. The van der Waals surface area contributed by atoms with Gasteiger partial charge < -0.3 is 0 Å². The topological polar surface area (TPSA) is 0 Å². The summed E-state index contributed by atoms with van der Waals surface area (Å²) in [5.74, 6) is 2.08. The maximum Gasteiger partial charge on any atom is -0.0417 e. The zero-order chi connectivity index (χ0) is 12.8. The molecule has 16 heavy (non-hydrogen) atoms. The van der Waals surface area contributed by atoms with Crippen LogP contribution in [0.3, 0.4) is 0 Å². The number of hydrogen-bond donors (Lipinski definition) is 0. The summed E-state index contributed by atoms with van der Waals surface area (Å²) in [4.78, 5) is 0. The fraction of sp³-hybridized carbons (Fsp3) is 1.00. The molecule has 1 fully saturated rings. The molecule has 0 heterocycles. The van der Waals surface area contributed by atoms with Gasteiger partial charge in [-0.15, -0.1) is 0 Å². The second-order valence-electron chi connectivity index (χ2n) is 4.89. The van der Waals surface area contributed by atoms with Crippen LogP contribution in [0.15, 0.2) is 0 Å². The second kappa shape index (κ2) is 15.0. The third-order valence-electron chi connectivity index (χ3n) is 3.37. The molecule has 1 aliphatic rings. The Morgan fingerprint density at radius 3 is 1.44 bits per heavy atom. The minimum Gasteiger partial charge on any atom is -0.0683 e. The van der Waals surface area contributed by atoms with E-state index >= 15 is 0 Å². The van der Waals surface area contributed by atoms with Crippen LogP contribution in [0.2, 0.25) is 0 Å². The van der Waals surface area contributed by atoms with E-state index in [9.17, 15) is 0 Å². The van der Waals surface area contributed by atoms with Gasteiger partial charge in [-0.3, -0.25) is 0 Å². The Kier molecular flexibility index (Phi) is 17.2. The molecule has 1 saturated carbocycles. The summed E-state index contributed by atoms with van der Waals surface area (Å²) >= 11 is 0. The lowest BCUT2D eigenvalue weighted by molar-refractivity contribution is 0.346. The normalized spacial score (nSPS) is 14.4. The third-order valence-corrected chi connectivity index (χ3v) is 3.37. The molecule has 0 atom stereocenters. The largest absolute Gasteiger partial charge is 0.0683 e. The molecule has 0 aromatic heterocycles. The Morgan fingerprint density at radius 1 is 0.938 bits per heavy atom. The fourth-order valence-electron chi connectivity index (χ4n) is 1.98. The third kappa shape index (κ3) is 12.1. The lowest BCUT2D eigenvalue weighted by Gasteiger charge is -2.18. The standard InChI is InChI=1S/C9H20.C5H10.C2H6/c1-4-7-9(6-3)8-5-2;1-5-3-2-4-5;1-2/h9H,4-8H2,1-3H3;5H,2-4H2,1H3;1-2H3. The van der Waals surface area contributed by atoms with Crippen LogP contribution < -0.4 is 0 Å². The van der Waals surface area contributed by atoms with Crippen LogP contribution in [0.4, 0.5) is 0 Å². The van der Waals surface area contributed by atoms with Gasteiger partial charge in [-0.05, 0) is 11.8 Å². The summed E-state index contributed by atoms with van der Waals surface area (Å²) < 4.78 is 0. The summed E-state index contributed by atoms with van der Waals surface area (Å²) in [5.41, 5.74) is 0. The zero-order valence-corrected chi connectivity index (χ0v) is 12.8. The van der Waals surface area contributed by atoms with Gasteiger partial charge >= 0.3 is 0 Å². The van der Waals surface area contributed by atoms with Crippen LogP contribution in [-0.4, -0.2) is 0 Å². The predicted octanol–water partition coefficient (Wildman–Crippen LogP) is 6.45. The molecule has 0 bridgehead atoms. The summed E-state index contributed by atoms with van der Waals surface area (Å²) in [6, 6.07) is 0. The monoisotopic (exact) mass is 228 g/mol. The van der Waals surface area contributed by atoms with Crippen LogP contribution >= 0.6 is 0 Å². The van der Waals surface area contributed by atoms with Crippen molar-refractivity contribution in [3.8, 4) is 0 Å². The van der Waals surface area contributed by atoms with Crippen molar-refractivity contribution >= 4 is 0 Å². The van der Waals surface area contributed by atoms with Crippen LogP contribution in [0.1, 0.15) is 92.9 Å². The second-order valence-corrected chi connectivity index (χ2v) is 4.89. The number of hydrogen-bond acceptors (Lipinski definition) is 0. The first kappa shape index (κ1) is 18.4. The minimum absolute atomic E-state index is 1.01. The summed E-state index contributed by atoms with van der Waals surface area (Å²) in [6.45, 7) is 13.2. The van der Waals surface area contributed by atoms with Crippen molar-refractivity contribution in [2.45, 2.75) is 92.9 Å². The summed E-state index contributed by atoms with van der Waals surface area (Å²) in [5, 5.41) is 0. The highest BCUT2D eigenvalue weighted by molar-refractivity contribution is 4.62. The Balaban J connectivity index is 0. The van der Waals surface area contributed by atoms with Crippen molar-refractivity contribution in [3.63, 3.8) is 0 Å². The molecule has 0 amide bonds. The van der Waals surface area contributed by atoms with Crippen molar-refractivity contribution in [2.75, 3.05) is 0 Å². The smallest absolute Gasteiger partial charge is 0.0417 e. The Labute approximate surface area is 105 Å². The van der Waals surface area contributed by atoms with E-state index in [-0.39, 0.29) is 0 Å². The zero-order valence-electron chi connectivity index (χ0n) is 12.8. The molecule has 0 N–H and O–H groups in total. The van der Waals surface area contributed by atoms with Crippen molar-refractivity contribution < 1.29 is 0 Å². The van der Waals surface area contributed by atoms with Crippen molar-refractivity contribution in [1.29, 1.82) is 0 Å². The van der Waals surface area contributed by atoms with Crippen LogP contribution in [0.25, 0.3) is 0 Å². The first-order valence-electron chi connectivity index (χ1n) is 7.74. The van der Waals surface area contributed by atoms with E-state index in [0.717, 1.165) is 11.8 Å². The van der Waals surface area contributed by atoms with Gasteiger partial charge in [0, 0.05) is 0 Å². The van der Waals surface area contributed by atoms with E-state index in [4.69, 9.17) is 0 Å². The van der Waals surface area contributed by atoms with Gasteiger partial charge in [-0.1, -0.05) is 92.9 Å². The fourth-order valence-corrected chi connectivity index (χ4v) is 1.98. The van der Waals surface area contributed by atoms with Gasteiger partial charge in [0.05, 0.1) is 0 Å². The first-order valence-corrected chi connectivity index (χ1v) is 7.74. The Morgan fingerprint density at radius 2 is 1.31 bits per heavy atom. The van der Waals surface area contributed by atoms with Gasteiger partial charge in [0.15, 0.2) is 0 Å². The number of rotatable bonds is 5. The molecule has 1 aliphatic carbocycles. The van der Waals surface area contributed by atoms with Crippen molar-refractivity contribution in [1.82, 2.24) is 0 Å². The van der Waals surface area contributed by atoms with Crippen LogP contribution in [0, 0.1) is 11.8 Å². The van der Waals surface area contributed by atoms with E-state index in [1.807, 2.05) is 13.8 Å². The Bertz CT molecular complexity index is 96.6. The molecule has 0 heteroatoms. The first-order chi connectivity index (χ1) is 7.74. The van der Waals surface area contributed by atoms with E-state index < -0.39 is 0 Å². The molecule has 0 nitrogen and oxygen atoms in total. The summed E-state index contributed by atoms with van der Waals surface area (Å²) in [7, 11) is 0. The summed E-state index contributed by atoms with van der Waals surface area (Å²) in [6.07, 6.45) is 11.4. The van der Waals surface area contributed by atoms with E-state index in [0.29, 0.717) is 0 Å². The molecule has 1 rings (SSSR count). The molecule has 0 spiro atoms. The predicted molar refractivity (Wildman–Crippen MR) is 78.0 cm³/mol.